The second-order valence-corrected chi connectivity index (χ2v) is 6.61. The molecule has 0 aliphatic heterocycles. The molecule has 0 aliphatic carbocycles. The second-order valence-electron chi connectivity index (χ2n) is 6.61. The van der Waals surface area contributed by atoms with E-state index in [0.717, 1.165) is 16.7 Å². The van der Waals surface area contributed by atoms with Crippen LogP contribution < -0.4 is 10.1 Å². The Morgan fingerprint density at radius 1 is 1.15 bits per heavy atom. The highest BCUT2D eigenvalue weighted by molar-refractivity contribution is 5.80. The van der Waals surface area contributed by atoms with Crippen molar-refractivity contribution in [2.45, 2.75) is 40.3 Å². The molecule has 2 aromatic carbocycles. The van der Waals surface area contributed by atoms with Crippen LogP contribution in [0.4, 0.5) is 0 Å². The average Bonchev–Trinajstić information content (AvgIpc) is 3.12. The number of carbonyl (C=O) groups excluding carboxylic acids is 1. The van der Waals surface area contributed by atoms with Gasteiger partial charge < -0.3 is 14.6 Å². The molecular formula is C21H23N3O3. The molecule has 140 valence electrons. The number of benzene rings is 2. The standard InChI is InChI=1S/C21H23N3O3/c1-13-6-5-7-17(10-13)20-23-19(27-24-20)12-22-21(25)16(4)26-18-9-8-14(2)15(3)11-18/h5-11,16H,12H2,1-4H3,(H,22,25)/t16-/m0/s1. The van der Waals surface area contributed by atoms with Crippen LogP contribution in [0.2, 0.25) is 0 Å². The maximum absolute atomic E-state index is 12.3. The van der Waals surface area contributed by atoms with Gasteiger partial charge in [0, 0.05) is 5.56 Å². The minimum absolute atomic E-state index is 0.151. The van der Waals surface area contributed by atoms with Crippen molar-refractivity contribution in [3.63, 3.8) is 0 Å². The Hall–Kier alpha value is -3.15. The van der Waals surface area contributed by atoms with Crippen molar-refractivity contribution < 1.29 is 14.1 Å². The summed E-state index contributed by atoms with van der Waals surface area (Å²) in [6, 6.07) is 13.6. The quantitative estimate of drug-likeness (QED) is 0.720. The summed E-state index contributed by atoms with van der Waals surface area (Å²) in [4.78, 5) is 16.6. The van der Waals surface area contributed by atoms with Crippen LogP contribution in [0.1, 0.15) is 29.5 Å². The predicted octanol–water partition coefficient (Wildman–Crippen LogP) is 3.75. The van der Waals surface area contributed by atoms with E-state index in [9.17, 15) is 4.79 Å². The molecular weight excluding hydrogens is 342 g/mol. The number of aryl methyl sites for hydroxylation is 3. The van der Waals surface area contributed by atoms with E-state index < -0.39 is 6.10 Å². The lowest BCUT2D eigenvalue weighted by atomic mass is 10.1. The molecule has 3 rings (SSSR count). The van der Waals surface area contributed by atoms with Crippen molar-refractivity contribution in [3.05, 3.63) is 65.0 Å². The lowest BCUT2D eigenvalue weighted by Crippen LogP contribution is -2.36. The van der Waals surface area contributed by atoms with Gasteiger partial charge in [0.05, 0.1) is 6.54 Å². The summed E-state index contributed by atoms with van der Waals surface area (Å²) in [5.74, 6) is 1.27. The molecule has 0 bridgehead atoms. The number of ether oxygens (including phenoxy) is 1. The lowest BCUT2D eigenvalue weighted by Gasteiger charge is -2.15. The van der Waals surface area contributed by atoms with E-state index in [-0.39, 0.29) is 12.5 Å². The third-order valence-electron chi connectivity index (χ3n) is 4.32. The fourth-order valence-corrected chi connectivity index (χ4v) is 2.58. The number of carbonyl (C=O) groups is 1. The van der Waals surface area contributed by atoms with Crippen LogP contribution in [-0.4, -0.2) is 22.2 Å². The number of aromatic nitrogens is 2. The Morgan fingerprint density at radius 3 is 2.70 bits per heavy atom. The minimum atomic E-state index is -0.633. The number of nitrogens with zero attached hydrogens (tertiary/aromatic N) is 2. The number of nitrogens with one attached hydrogen (secondary N) is 1. The molecule has 1 atom stereocenters. The number of rotatable bonds is 6. The molecule has 6 nitrogen and oxygen atoms in total. The normalized spacial score (nSPS) is 11.9. The molecule has 1 aromatic heterocycles. The monoisotopic (exact) mass is 365 g/mol. The first-order valence-corrected chi connectivity index (χ1v) is 8.83. The van der Waals surface area contributed by atoms with Gasteiger partial charge in [-0.1, -0.05) is 35.0 Å². The fourth-order valence-electron chi connectivity index (χ4n) is 2.58. The van der Waals surface area contributed by atoms with Crippen LogP contribution in [-0.2, 0) is 11.3 Å². The average molecular weight is 365 g/mol. The summed E-state index contributed by atoms with van der Waals surface area (Å²) in [5, 5.41) is 6.73. The van der Waals surface area contributed by atoms with Crippen LogP contribution in [0.25, 0.3) is 11.4 Å². The van der Waals surface area contributed by atoms with Gasteiger partial charge in [-0.05, 0) is 57.0 Å². The van der Waals surface area contributed by atoms with Gasteiger partial charge in [-0.15, -0.1) is 0 Å². The molecule has 0 saturated carbocycles. The van der Waals surface area contributed by atoms with Crippen molar-refractivity contribution in [3.8, 4) is 17.1 Å². The van der Waals surface area contributed by atoms with Gasteiger partial charge in [0.15, 0.2) is 6.10 Å². The zero-order valence-corrected chi connectivity index (χ0v) is 15.9. The lowest BCUT2D eigenvalue weighted by molar-refractivity contribution is -0.127. The van der Waals surface area contributed by atoms with Crippen molar-refractivity contribution in [2.24, 2.45) is 0 Å². The molecule has 3 aromatic rings. The smallest absolute Gasteiger partial charge is 0.261 e. The zero-order valence-electron chi connectivity index (χ0n) is 15.9. The summed E-state index contributed by atoms with van der Waals surface area (Å²) in [7, 11) is 0. The Morgan fingerprint density at radius 2 is 1.96 bits per heavy atom. The molecule has 1 amide bonds. The van der Waals surface area contributed by atoms with Gasteiger partial charge in [0.2, 0.25) is 11.7 Å². The van der Waals surface area contributed by atoms with Gasteiger partial charge >= 0.3 is 0 Å². The Balaban J connectivity index is 1.56. The number of hydrogen-bond acceptors (Lipinski definition) is 5. The summed E-state index contributed by atoms with van der Waals surface area (Å²) in [6.07, 6.45) is -0.633. The Labute approximate surface area is 158 Å². The summed E-state index contributed by atoms with van der Waals surface area (Å²) >= 11 is 0. The van der Waals surface area contributed by atoms with E-state index in [4.69, 9.17) is 9.26 Å². The molecule has 0 unspecified atom stereocenters. The summed E-state index contributed by atoms with van der Waals surface area (Å²) in [5.41, 5.74) is 4.29. The predicted molar refractivity (Wildman–Crippen MR) is 102 cm³/mol. The van der Waals surface area contributed by atoms with Crippen molar-refractivity contribution in [1.29, 1.82) is 0 Å². The van der Waals surface area contributed by atoms with Gasteiger partial charge in [-0.2, -0.15) is 4.98 Å². The van der Waals surface area contributed by atoms with Crippen LogP contribution >= 0.6 is 0 Å². The number of amides is 1. The maximum atomic E-state index is 12.3. The molecule has 6 heteroatoms. The molecule has 0 saturated heterocycles. The first-order chi connectivity index (χ1) is 12.9. The number of hydrogen-bond donors (Lipinski definition) is 1. The third-order valence-corrected chi connectivity index (χ3v) is 4.32. The molecule has 0 radical (unpaired) electrons. The molecule has 27 heavy (non-hydrogen) atoms. The largest absolute Gasteiger partial charge is 0.481 e. The van der Waals surface area contributed by atoms with Crippen LogP contribution in [0, 0.1) is 20.8 Å². The molecule has 1 heterocycles. The summed E-state index contributed by atoms with van der Waals surface area (Å²) < 4.78 is 10.9. The van der Waals surface area contributed by atoms with Crippen LogP contribution in [0.15, 0.2) is 47.0 Å². The van der Waals surface area contributed by atoms with E-state index in [1.807, 2.05) is 63.2 Å². The third kappa shape index (κ3) is 4.73. The highest BCUT2D eigenvalue weighted by Crippen LogP contribution is 2.18. The van der Waals surface area contributed by atoms with Crippen LogP contribution in [0.3, 0.4) is 0 Å². The van der Waals surface area contributed by atoms with Crippen molar-refractivity contribution in [1.82, 2.24) is 15.5 Å². The molecule has 0 aliphatic rings. The first-order valence-electron chi connectivity index (χ1n) is 8.83. The Bertz CT molecular complexity index is 949. The highest BCUT2D eigenvalue weighted by atomic mass is 16.5. The van der Waals surface area contributed by atoms with Crippen molar-refractivity contribution >= 4 is 5.91 Å². The molecule has 0 spiro atoms. The fraction of sp³-hybridized carbons (Fsp3) is 0.286. The van der Waals surface area contributed by atoms with Crippen molar-refractivity contribution in [2.75, 3.05) is 0 Å². The minimum Gasteiger partial charge on any atom is -0.481 e. The molecule has 0 fully saturated rings. The molecule has 1 N–H and O–H groups in total. The van der Waals surface area contributed by atoms with Gasteiger partial charge in [0.25, 0.3) is 5.91 Å². The topological polar surface area (TPSA) is 77.2 Å². The zero-order chi connectivity index (χ0) is 19.4. The maximum Gasteiger partial charge on any atom is 0.261 e. The van der Waals surface area contributed by atoms with Crippen LogP contribution in [0.5, 0.6) is 5.75 Å². The SMILES string of the molecule is Cc1cccc(-c2noc(CNC(=O)[C@H](C)Oc3ccc(C)c(C)c3)n2)c1. The van der Waals surface area contributed by atoms with Gasteiger partial charge in [-0.3, -0.25) is 4.79 Å². The Kier molecular flexibility index (Phi) is 5.54. The van der Waals surface area contributed by atoms with Gasteiger partial charge in [-0.25, -0.2) is 0 Å². The highest BCUT2D eigenvalue weighted by Gasteiger charge is 2.16. The first kappa shape index (κ1) is 18.6. The van der Waals surface area contributed by atoms with E-state index >= 15 is 0 Å². The second kappa shape index (κ2) is 8.03. The van der Waals surface area contributed by atoms with Gasteiger partial charge in [0.1, 0.15) is 5.75 Å². The van der Waals surface area contributed by atoms with E-state index in [1.165, 1.54) is 5.56 Å². The van der Waals surface area contributed by atoms with E-state index in [1.54, 1.807) is 6.92 Å². The van der Waals surface area contributed by atoms with E-state index in [2.05, 4.69) is 15.5 Å². The summed E-state index contributed by atoms with van der Waals surface area (Å²) in [6.45, 7) is 7.90. The van der Waals surface area contributed by atoms with E-state index in [0.29, 0.717) is 17.5 Å².